The summed E-state index contributed by atoms with van der Waals surface area (Å²) in [5, 5.41) is 16.6. The van der Waals surface area contributed by atoms with E-state index in [2.05, 4.69) is 6.92 Å². The molecule has 0 rings (SSSR count). The van der Waals surface area contributed by atoms with Crippen molar-refractivity contribution >= 4 is 0 Å². The van der Waals surface area contributed by atoms with Crippen LogP contribution in [0.5, 0.6) is 0 Å². The van der Waals surface area contributed by atoms with Crippen molar-refractivity contribution in [1.29, 1.82) is 0 Å². The van der Waals surface area contributed by atoms with Gasteiger partial charge in [0.1, 0.15) is 6.61 Å². The summed E-state index contributed by atoms with van der Waals surface area (Å²) in [4.78, 5) is 0. The summed E-state index contributed by atoms with van der Waals surface area (Å²) in [6.45, 7) is 4.25. The molecule has 0 aliphatic rings. The van der Waals surface area contributed by atoms with Crippen molar-refractivity contribution < 1.29 is 10.2 Å². The molecule has 2 radical (unpaired) electrons. The minimum absolute atomic E-state index is 0.538. The van der Waals surface area contributed by atoms with Crippen LogP contribution in [0.4, 0.5) is 0 Å². The molecule has 0 fully saturated rings. The molecule has 0 aromatic rings. The van der Waals surface area contributed by atoms with Gasteiger partial charge in [-0.05, 0) is 6.42 Å². The van der Waals surface area contributed by atoms with Gasteiger partial charge in [0, 0.05) is 0 Å². The Kier molecular flexibility index (Phi) is 4.04. The summed E-state index contributed by atoms with van der Waals surface area (Å²) < 4.78 is 0. The van der Waals surface area contributed by atoms with Gasteiger partial charge < -0.3 is 10.2 Å². The predicted octanol–water partition coefficient (Wildman–Crippen LogP) is 0.496. The first-order valence-electron chi connectivity index (χ1n) is 2.26. The Labute approximate surface area is 43.8 Å². The van der Waals surface area contributed by atoms with E-state index >= 15 is 0 Å². The maximum Gasteiger partial charge on any atom is 0.108 e. The number of hydrogen-bond acceptors (Lipinski definition) is 2. The van der Waals surface area contributed by atoms with Crippen LogP contribution >= 0.6 is 0 Å². The van der Waals surface area contributed by atoms with Crippen LogP contribution in [0.1, 0.15) is 12.8 Å². The summed E-state index contributed by atoms with van der Waals surface area (Å²) in [6.07, 6.45) is 0.506. The van der Waals surface area contributed by atoms with Crippen molar-refractivity contribution in [2.45, 2.75) is 18.9 Å². The van der Waals surface area contributed by atoms with Gasteiger partial charge in [0.15, 0.2) is 0 Å². The largest absolute Gasteiger partial charge is 0.390 e. The molecule has 1 atom stereocenters. The van der Waals surface area contributed by atoms with Crippen LogP contribution in [0.25, 0.3) is 0 Å². The second-order valence-electron chi connectivity index (χ2n) is 1.36. The van der Waals surface area contributed by atoms with E-state index in [1.807, 2.05) is 0 Å². The quantitative estimate of drug-likeness (QED) is 0.544. The Bertz CT molecular complexity index is 37.1. The Morgan fingerprint density at radius 2 is 2.29 bits per heavy atom. The molecular formula is C5H10O2. The topological polar surface area (TPSA) is 40.5 Å². The Balaban J connectivity index is 2.83. The predicted molar refractivity (Wildman–Crippen MR) is 26.8 cm³/mol. The van der Waals surface area contributed by atoms with E-state index in [1.54, 1.807) is 0 Å². The van der Waals surface area contributed by atoms with Crippen LogP contribution in [0.2, 0.25) is 0 Å². The van der Waals surface area contributed by atoms with Crippen molar-refractivity contribution in [3.63, 3.8) is 0 Å². The van der Waals surface area contributed by atoms with Gasteiger partial charge in [-0.2, -0.15) is 0 Å². The van der Waals surface area contributed by atoms with Crippen LogP contribution in [0, 0.1) is 13.5 Å². The highest BCUT2D eigenvalue weighted by atomic mass is 16.3. The van der Waals surface area contributed by atoms with Crippen LogP contribution < -0.4 is 0 Å². The fraction of sp³-hybridized carbons (Fsp3) is 0.600. The molecule has 0 aliphatic heterocycles. The Hall–Kier alpha value is -0.0800. The first-order valence-corrected chi connectivity index (χ1v) is 2.26. The minimum Gasteiger partial charge on any atom is -0.390 e. The number of aliphatic hydroxyl groups is 2. The van der Waals surface area contributed by atoms with E-state index in [0.29, 0.717) is 12.8 Å². The van der Waals surface area contributed by atoms with E-state index in [-0.39, 0.29) is 0 Å². The SMILES string of the molecule is [CH2]CCC(O)[CH]O. The maximum atomic E-state index is 8.51. The van der Waals surface area contributed by atoms with Crippen molar-refractivity contribution in [2.75, 3.05) is 0 Å². The molecule has 0 aromatic carbocycles. The summed E-state index contributed by atoms with van der Waals surface area (Å²) in [5.74, 6) is 0. The minimum atomic E-state index is -0.683. The third kappa shape index (κ3) is 3.76. The lowest BCUT2D eigenvalue weighted by Gasteiger charge is -2.00. The van der Waals surface area contributed by atoms with Crippen LogP contribution in [0.15, 0.2) is 0 Å². The fourth-order valence-corrected chi connectivity index (χ4v) is 0.284. The molecule has 0 bridgehead atoms. The summed E-state index contributed by atoms with van der Waals surface area (Å²) in [6, 6.07) is 0. The zero-order valence-corrected chi connectivity index (χ0v) is 4.17. The van der Waals surface area contributed by atoms with Crippen molar-refractivity contribution in [2.24, 2.45) is 0 Å². The van der Waals surface area contributed by atoms with Gasteiger partial charge in [0.25, 0.3) is 0 Å². The van der Waals surface area contributed by atoms with E-state index in [1.165, 1.54) is 0 Å². The number of hydrogen-bond donors (Lipinski definition) is 2. The molecule has 0 aliphatic carbocycles. The van der Waals surface area contributed by atoms with Crippen LogP contribution in [-0.2, 0) is 0 Å². The lowest BCUT2D eigenvalue weighted by Crippen LogP contribution is -2.04. The van der Waals surface area contributed by atoms with Crippen LogP contribution in [-0.4, -0.2) is 16.3 Å². The van der Waals surface area contributed by atoms with Gasteiger partial charge in [-0.1, -0.05) is 13.3 Å². The second kappa shape index (κ2) is 4.09. The van der Waals surface area contributed by atoms with Crippen molar-refractivity contribution in [3.05, 3.63) is 13.5 Å². The van der Waals surface area contributed by atoms with Gasteiger partial charge in [-0.25, -0.2) is 0 Å². The zero-order chi connectivity index (χ0) is 5.70. The average molecular weight is 102 g/mol. The van der Waals surface area contributed by atoms with E-state index in [0.717, 1.165) is 6.61 Å². The van der Waals surface area contributed by atoms with Gasteiger partial charge in [0.05, 0.1) is 6.10 Å². The molecule has 2 N–H and O–H groups in total. The van der Waals surface area contributed by atoms with E-state index in [9.17, 15) is 0 Å². The average Bonchev–Trinajstić information content (AvgIpc) is 1.68. The molecule has 0 saturated carbocycles. The van der Waals surface area contributed by atoms with Crippen molar-refractivity contribution in [1.82, 2.24) is 0 Å². The summed E-state index contributed by atoms with van der Waals surface area (Å²) in [7, 11) is 0. The molecule has 0 spiro atoms. The second-order valence-corrected chi connectivity index (χ2v) is 1.36. The molecule has 1 unspecified atom stereocenters. The molecule has 0 aromatic heterocycles. The summed E-state index contributed by atoms with van der Waals surface area (Å²) in [5.41, 5.74) is 0. The third-order valence-electron chi connectivity index (χ3n) is 0.672. The third-order valence-corrected chi connectivity index (χ3v) is 0.672. The highest BCUT2D eigenvalue weighted by molar-refractivity contribution is 4.62. The molecule has 0 saturated heterocycles. The lowest BCUT2D eigenvalue weighted by molar-refractivity contribution is 0.137. The van der Waals surface area contributed by atoms with E-state index in [4.69, 9.17) is 10.2 Å². The van der Waals surface area contributed by atoms with Gasteiger partial charge in [0.2, 0.25) is 0 Å². The lowest BCUT2D eigenvalue weighted by atomic mass is 10.2. The normalized spacial score (nSPS) is 14.1. The number of aliphatic hydroxyl groups excluding tert-OH is 2. The van der Waals surface area contributed by atoms with Gasteiger partial charge in [-0.15, -0.1) is 0 Å². The smallest absolute Gasteiger partial charge is 0.108 e. The maximum absolute atomic E-state index is 8.51. The molecule has 0 heterocycles. The molecule has 2 heteroatoms. The molecule has 0 amide bonds. The molecule has 2 nitrogen and oxygen atoms in total. The number of rotatable bonds is 3. The monoisotopic (exact) mass is 102 g/mol. The Morgan fingerprint density at radius 1 is 1.71 bits per heavy atom. The summed E-state index contributed by atoms with van der Waals surface area (Å²) >= 11 is 0. The highest BCUT2D eigenvalue weighted by Crippen LogP contribution is 1.95. The molecular weight excluding hydrogens is 92.1 g/mol. The first-order chi connectivity index (χ1) is 3.31. The standard InChI is InChI=1S/C5H10O2/c1-2-3-5(7)4-6/h4-7H,1-3H2. The zero-order valence-electron chi connectivity index (χ0n) is 4.17. The Morgan fingerprint density at radius 3 is 2.43 bits per heavy atom. The van der Waals surface area contributed by atoms with Gasteiger partial charge >= 0.3 is 0 Å². The van der Waals surface area contributed by atoms with Gasteiger partial charge in [-0.3, -0.25) is 0 Å². The van der Waals surface area contributed by atoms with Crippen LogP contribution in [0.3, 0.4) is 0 Å². The first kappa shape index (κ1) is 6.92. The molecule has 7 heavy (non-hydrogen) atoms. The fourth-order valence-electron chi connectivity index (χ4n) is 0.284. The van der Waals surface area contributed by atoms with Crippen molar-refractivity contribution in [3.8, 4) is 0 Å². The molecule has 42 valence electrons. The highest BCUT2D eigenvalue weighted by Gasteiger charge is 1.96. The van der Waals surface area contributed by atoms with E-state index < -0.39 is 6.10 Å².